The summed E-state index contributed by atoms with van der Waals surface area (Å²) >= 11 is 0. The number of hydrogen-bond acceptors (Lipinski definition) is 5. The van der Waals surface area contributed by atoms with Crippen LogP contribution in [0.25, 0.3) is 0 Å². The fourth-order valence-corrected chi connectivity index (χ4v) is 3.02. The molecule has 0 saturated carbocycles. The fourth-order valence-electron chi connectivity index (χ4n) is 2.16. The molecule has 0 aliphatic carbocycles. The van der Waals surface area contributed by atoms with Gasteiger partial charge in [-0.15, -0.1) is 0 Å². The van der Waals surface area contributed by atoms with E-state index in [4.69, 9.17) is 4.52 Å². The van der Waals surface area contributed by atoms with E-state index in [0.29, 0.717) is 17.4 Å². The first kappa shape index (κ1) is 18.0. The Morgan fingerprint density at radius 2 is 1.92 bits per heavy atom. The molecule has 1 heterocycles. The van der Waals surface area contributed by atoms with Gasteiger partial charge in [-0.1, -0.05) is 31.1 Å². The van der Waals surface area contributed by atoms with Crippen LogP contribution in [0.5, 0.6) is 0 Å². The second-order valence-corrected chi connectivity index (χ2v) is 7.79. The van der Waals surface area contributed by atoms with Crippen molar-refractivity contribution in [2.75, 3.05) is 22.4 Å². The van der Waals surface area contributed by atoms with Gasteiger partial charge in [0.1, 0.15) is 12.3 Å². The molecule has 1 aromatic heterocycles. The summed E-state index contributed by atoms with van der Waals surface area (Å²) in [5.74, 6) is 0.641. The Hall–Kier alpha value is -2.35. The molecule has 0 atom stereocenters. The Balaban J connectivity index is 2.18. The van der Waals surface area contributed by atoms with E-state index in [9.17, 15) is 13.2 Å². The number of anilines is 2. The van der Waals surface area contributed by atoms with Crippen molar-refractivity contribution in [1.82, 2.24) is 5.16 Å². The highest BCUT2D eigenvalue weighted by atomic mass is 32.2. The van der Waals surface area contributed by atoms with E-state index in [1.165, 1.54) is 0 Å². The van der Waals surface area contributed by atoms with Crippen molar-refractivity contribution in [1.29, 1.82) is 0 Å². The van der Waals surface area contributed by atoms with E-state index in [1.54, 1.807) is 25.1 Å². The van der Waals surface area contributed by atoms with Gasteiger partial charge in [0.15, 0.2) is 5.82 Å². The summed E-state index contributed by atoms with van der Waals surface area (Å²) in [5.41, 5.74) is 1.53. The predicted octanol–water partition coefficient (Wildman–Crippen LogP) is 2.51. The average Bonchev–Trinajstić information content (AvgIpc) is 2.89. The first-order valence-electron chi connectivity index (χ1n) is 7.47. The molecule has 8 heteroatoms. The highest BCUT2D eigenvalue weighted by Crippen LogP contribution is 2.22. The smallest absolute Gasteiger partial charge is 0.246 e. The summed E-state index contributed by atoms with van der Waals surface area (Å²) in [6.45, 7) is 5.46. The largest absolute Gasteiger partial charge is 0.360 e. The number of sulfonamides is 1. The number of nitrogens with zero attached hydrogens (tertiary/aromatic N) is 2. The molecule has 0 fully saturated rings. The number of aryl methyl sites for hydroxylation is 1. The van der Waals surface area contributed by atoms with Crippen LogP contribution < -0.4 is 9.62 Å². The van der Waals surface area contributed by atoms with Crippen LogP contribution in [-0.4, -0.2) is 32.3 Å². The molecule has 0 radical (unpaired) electrons. The molecule has 0 aliphatic rings. The number of benzene rings is 1. The van der Waals surface area contributed by atoms with Crippen molar-refractivity contribution < 1.29 is 17.7 Å². The standard InChI is InChI=1S/C16H21N3O4S/c1-11(2)13-5-7-14(8-6-13)19(24(4,21)22)10-16(20)17-15-9-12(3)23-18-15/h5-9,11H,10H2,1-4H3,(H,17,18,20). The van der Waals surface area contributed by atoms with Crippen LogP contribution in [0.3, 0.4) is 0 Å². The minimum Gasteiger partial charge on any atom is -0.360 e. The third-order valence-electron chi connectivity index (χ3n) is 3.43. The quantitative estimate of drug-likeness (QED) is 0.863. The minimum atomic E-state index is -3.60. The Kier molecular flexibility index (Phi) is 5.28. The highest BCUT2D eigenvalue weighted by molar-refractivity contribution is 7.92. The molecule has 0 unspecified atom stereocenters. The maximum absolute atomic E-state index is 12.1. The van der Waals surface area contributed by atoms with Gasteiger partial charge in [0, 0.05) is 6.07 Å². The first-order chi connectivity index (χ1) is 11.2. The first-order valence-corrected chi connectivity index (χ1v) is 9.32. The molecule has 2 rings (SSSR count). The van der Waals surface area contributed by atoms with Gasteiger partial charge in [0.2, 0.25) is 15.9 Å². The summed E-state index contributed by atoms with van der Waals surface area (Å²) in [6, 6.07) is 8.67. The number of nitrogens with one attached hydrogen (secondary N) is 1. The van der Waals surface area contributed by atoms with Gasteiger partial charge in [0.05, 0.1) is 11.9 Å². The van der Waals surface area contributed by atoms with Crippen LogP contribution in [0.15, 0.2) is 34.9 Å². The van der Waals surface area contributed by atoms with Gasteiger partial charge in [-0.25, -0.2) is 8.42 Å². The molecule has 7 nitrogen and oxygen atoms in total. The molecule has 2 aromatic rings. The lowest BCUT2D eigenvalue weighted by Gasteiger charge is -2.22. The van der Waals surface area contributed by atoms with Gasteiger partial charge >= 0.3 is 0 Å². The lowest BCUT2D eigenvalue weighted by Crippen LogP contribution is -2.37. The van der Waals surface area contributed by atoms with E-state index in [2.05, 4.69) is 24.3 Å². The molecule has 1 aromatic carbocycles. The molecule has 0 aliphatic heterocycles. The van der Waals surface area contributed by atoms with E-state index < -0.39 is 15.9 Å². The van der Waals surface area contributed by atoms with Crippen LogP contribution in [0.4, 0.5) is 11.5 Å². The van der Waals surface area contributed by atoms with Crippen LogP contribution in [-0.2, 0) is 14.8 Å². The van der Waals surface area contributed by atoms with Crippen molar-refractivity contribution in [3.8, 4) is 0 Å². The van der Waals surface area contributed by atoms with Crippen molar-refractivity contribution >= 4 is 27.4 Å². The molecular formula is C16H21N3O4S. The number of hydrogen-bond donors (Lipinski definition) is 1. The summed E-state index contributed by atoms with van der Waals surface area (Å²) in [7, 11) is -3.60. The van der Waals surface area contributed by atoms with Crippen molar-refractivity contribution in [3.63, 3.8) is 0 Å². The summed E-state index contributed by atoms with van der Waals surface area (Å²) in [4.78, 5) is 12.1. The number of rotatable bonds is 6. The van der Waals surface area contributed by atoms with Crippen LogP contribution in [0.2, 0.25) is 0 Å². The molecule has 24 heavy (non-hydrogen) atoms. The Morgan fingerprint density at radius 1 is 1.29 bits per heavy atom. The van der Waals surface area contributed by atoms with E-state index in [-0.39, 0.29) is 12.4 Å². The number of carbonyl (C=O) groups is 1. The fraction of sp³-hybridized carbons (Fsp3) is 0.375. The van der Waals surface area contributed by atoms with Crippen LogP contribution >= 0.6 is 0 Å². The number of aromatic nitrogens is 1. The van der Waals surface area contributed by atoms with E-state index in [0.717, 1.165) is 16.1 Å². The third-order valence-corrected chi connectivity index (χ3v) is 4.57. The number of amides is 1. The zero-order chi connectivity index (χ0) is 17.9. The molecule has 1 amide bonds. The van der Waals surface area contributed by atoms with Gasteiger partial charge < -0.3 is 9.84 Å². The molecular weight excluding hydrogens is 330 g/mol. The second kappa shape index (κ2) is 7.04. The lowest BCUT2D eigenvalue weighted by atomic mass is 10.0. The second-order valence-electron chi connectivity index (χ2n) is 5.89. The van der Waals surface area contributed by atoms with Gasteiger partial charge in [-0.2, -0.15) is 0 Å². The Bertz CT molecular complexity index is 810. The summed E-state index contributed by atoms with van der Waals surface area (Å²) in [5, 5.41) is 6.17. The minimum absolute atomic E-state index is 0.251. The molecule has 0 spiro atoms. The summed E-state index contributed by atoms with van der Waals surface area (Å²) in [6.07, 6.45) is 1.07. The van der Waals surface area contributed by atoms with Crippen molar-refractivity contribution in [2.45, 2.75) is 26.7 Å². The molecule has 0 saturated heterocycles. The summed E-state index contributed by atoms with van der Waals surface area (Å²) < 4.78 is 30.0. The third kappa shape index (κ3) is 4.58. The van der Waals surface area contributed by atoms with Crippen molar-refractivity contribution in [3.05, 3.63) is 41.7 Å². The maximum atomic E-state index is 12.1. The Morgan fingerprint density at radius 3 is 2.38 bits per heavy atom. The van der Waals surface area contributed by atoms with Crippen LogP contribution in [0.1, 0.15) is 31.1 Å². The average molecular weight is 351 g/mol. The molecule has 0 bridgehead atoms. The Labute approximate surface area is 141 Å². The number of carbonyl (C=O) groups excluding carboxylic acids is 1. The monoisotopic (exact) mass is 351 g/mol. The zero-order valence-electron chi connectivity index (χ0n) is 14.1. The van der Waals surface area contributed by atoms with E-state index >= 15 is 0 Å². The van der Waals surface area contributed by atoms with Crippen LogP contribution in [0, 0.1) is 6.92 Å². The molecule has 1 N–H and O–H groups in total. The predicted molar refractivity (Wildman–Crippen MR) is 92.6 cm³/mol. The topological polar surface area (TPSA) is 92.5 Å². The SMILES string of the molecule is Cc1cc(NC(=O)CN(c2ccc(C(C)C)cc2)S(C)(=O)=O)no1. The van der Waals surface area contributed by atoms with Gasteiger partial charge in [-0.05, 0) is 30.5 Å². The van der Waals surface area contributed by atoms with Gasteiger partial charge in [-0.3, -0.25) is 9.10 Å². The highest BCUT2D eigenvalue weighted by Gasteiger charge is 2.21. The van der Waals surface area contributed by atoms with E-state index in [1.807, 2.05) is 12.1 Å². The molecule has 130 valence electrons. The lowest BCUT2D eigenvalue weighted by molar-refractivity contribution is -0.114. The van der Waals surface area contributed by atoms with Gasteiger partial charge in [0.25, 0.3) is 0 Å². The maximum Gasteiger partial charge on any atom is 0.246 e. The normalized spacial score (nSPS) is 11.5. The van der Waals surface area contributed by atoms with Crippen molar-refractivity contribution in [2.24, 2.45) is 0 Å². The zero-order valence-corrected chi connectivity index (χ0v) is 14.9.